The molecule has 1 aliphatic rings. The van der Waals surface area contributed by atoms with E-state index < -0.39 is 16.1 Å². The van der Waals surface area contributed by atoms with Crippen LogP contribution < -0.4 is 14.4 Å². The van der Waals surface area contributed by atoms with E-state index in [-0.39, 0.29) is 30.8 Å². The molecule has 40 heavy (non-hydrogen) atoms. The average molecular weight is 572 g/mol. The van der Waals surface area contributed by atoms with E-state index >= 15 is 0 Å². The first-order valence-corrected chi connectivity index (χ1v) is 16.3. The molecule has 2 aromatic rings. The van der Waals surface area contributed by atoms with Crippen LogP contribution >= 0.6 is 0 Å². The largest absolute Gasteiger partial charge is 0.492 e. The molecule has 2 amide bonds. The Kier molecular flexibility index (Phi) is 11.9. The molecule has 1 aliphatic carbocycles. The number of nitrogens with one attached hydrogen (secondary N) is 1. The Labute approximate surface area is 240 Å². The number of aryl methyl sites for hydroxylation is 1. The summed E-state index contributed by atoms with van der Waals surface area (Å²) in [5, 5.41) is 3.20. The molecule has 0 radical (unpaired) electrons. The predicted octanol–water partition coefficient (Wildman–Crippen LogP) is 5.20. The number of amides is 2. The van der Waals surface area contributed by atoms with E-state index in [9.17, 15) is 18.0 Å². The lowest BCUT2D eigenvalue weighted by atomic mass is 9.95. The van der Waals surface area contributed by atoms with Crippen molar-refractivity contribution < 1.29 is 22.7 Å². The number of carbonyl (C=O) groups excluding carboxylic acids is 2. The van der Waals surface area contributed by atoms with Crippen molar-refractivity contribution in [1.29, 1.82) is 0 Å². The van der Waals surface area contributed by atoms with Crippen LogP contribution in [0, 0.1) is 6.92 Å². The molecular formula is C31H45N3O5S. The van der Waals surface area contributed by atoms with Crippen LogP contribution in [0.5, 0.6) is 5.75 Å². The van der Waals surface area contributed by atoms with Gasteiger partial charge in [0.15, 0.2) is 0 Å². The predicted molar refractivity (Wildman–Crippen MR) is 160 cm³/mol. The van der Waals surface area contributed by atoms with E-state index in [1.165, 1.54) is 10.7 Å². The number of anilines is 1. The summed E-state index contributed by atoms with van der Waals surface area (Å²) in [7, 11) is -3.62. The van der Waals surface area contributed by atoms with Crippen LogP contribution in [0.4, 0.5) is 5.69 Å². The molecule has 0 unspecified atom stereocenters. The maximum atomic E-state index is 13.7. The van der Waals surface area contributed by atoms with Crippen molar-refractivity contribution in [2.24, 2.45) is 0 Å². The van der Waals surface area contributed by atoms with Crippen molar-refractivity contribution in [1.82, 2.24) is 10.2 Å². The lowest BCUT2D eigenvalue weighted by Gasteiger charge is -2.33. The summed E-state index contributed by atoms with van der Waals surface area (Å²) in [4.78, 5) is 28.8. The molecule has 9 heteroatoms. The summed E-state index contributed by atoms with van der Waals surface area (Å²) in [5.74, 6) is 0.200. The average Bonchev–Trinajstić information content (AvgIpc) is 2.91. The Bertz CT molecular complexity index is 1230. The van der Waals surface area contributed by atoms with Gasteiger partial charge in [-0.1, -0.05) is 68.1 Å². The van der Waals surface area contributed by atoms with Crippen molar-refractivity contribution in [3.8, 4) is 5.75 Å². The quantitative estimate of drug-likeness (QED) is 0.336. The molecule has 0 spiro atoms. The number of hydrogen-bond donors (Lipinski definition) is 1. The van der Waals surface area contributed by atoms with E-state index in [0.717, 1.165) is 43.1 Å². The Morgan fingerprint density at radius 1 is 1.05 bits per heavy atom. The number of carbonyl (C=O) groups is 2. The Balaban J connectivity index is 1.78. The van der Waals surface area contributed by atoms with Crippen LogP contribution in [-0.4, -0.2) is 56.6 Å². The van der Waals surface area contributed by atoms with Gasteiger partial charge in [-0.3, -0.25) is 13.9 Å². The van der Waals surface area contributed by atoms with E-state index in [1.54, 1.807) is 29.2 Å². The van der Waals surface area contributed by atoms with E-state index in [1.807, 2.05) is 45.0 Å². The first-order valence-electron chi connectivity index (χ1n) is 14.5. The van der Waals surface area contributed by atoms with Crippen molar-refractivity contribution in [3.05, 3.63) is 59.7 Å². The summed E-state index contributed by atoms with van der Waals surface area (Å²) < 4.78 is 32.4. The van der Waals surface area contributed by atoms with Crippen LogP contribution in [0.1, 0.15) is 76.3 Å². The van der Waals surface area contributed by atoms with Crippen LogP contribution in [0.15, 0.2) is 48.5 Å². The molecule has 0 heterocycles. The van der Waals surface area contributed by atoms with Crippen LogP contribution in [0.2, 0.25) is 0 Å². The minimum Gasteiger partial charge on any atom is -0.492 e. The van der Waals surface area contributed by atoms with Crippen LogP contribution in [0.3, 0.4) is 0 Å². The molecule has 2 aromatic carbocycles. The first-order chi connectivity index (χ1) is 19.1. The summed E-state index contributed by atoms with van der Waals surface area (Å²) in [6, 6.07) is 14.5. The van der Waals surface area contributed by atoms with Crippen molar-refractivity contribution >= 4 is 27.5 Å². The lowest BCUT2D eigenvalue weighted by Crippen LogP contribution is -2.51. The van der Waals surface area contributed by atoms with Crippen molar-refractivity contribution in [2.75, 3.05) is 23.7 Å². The van der Waals surface area contributed by atoms with E-state index in [4.69, 9.17) is 4.74 Å². The number of nitrogens with zero attached hydrogens (tertiary/aromatic N) is 2. The summed E-state index contributed by atoms with van der Waals surface area (Å²) in [6.45, 7) is 6.62. The zero-order valence-corrected chi connectivity index (χ0v) is 25.2. The summed E-state index contributed by atoms with van der Waals surface area (Å²) in [5.41, 5.74) is 2.50. The smallest absolute Gasteiger partial charge is 0.243 e. The van der Waals surface area contributed by atoms with Gasteiger partial charge in [0.2, 0.25) is 21.8 Å². The molecule has 8 nitrogen and oxygen atoms in total. The highest BCUT2D eigenvalue weighted by Gasteiger charge is 2.30. The molecule has 1 N–H and O–H groups in total. The summed E-state index contributed by atoms with van der Waals surface area (Å²) in [6.07, 6.45) is 7.42. The maximum absolute atomic E-state index is 13.7. The molecule has 0 bridgehead atoms. The molecule has 1 atom stereocenters. The minimum absolute atomic E-state index is 0.112. The molecule has 0 aliphatic heterocycles. The molecule has 1 saturated carbocycles. The third-order valence-electron chi connectivity index (χ3n) is 7.36. The van der Waals surface area contributed by atoms with Gasteiger partial charge in [0.1, 0.15) is 11.8 Å². The zero-order valence-electron chi connectivity index (χ0n) is 24.4. The van der Waals surface area contributed by atoms with Gasteiger partial charge in [0.25, 0.3) is 0 Å². The van der Waals surface area contributed by atoms with Gasteiger partial charge in [-0.2, -0.15) is 0 Å². The fraction of sp³-hybridized carbons (Fsp3) is 0.548. The first kappa shape index (κ1) is 31.5. The third kappa shape index (κ3) is 8.98. The number of rotatable bonds is 14. The number of benzene rings is 2. The summed E-state index contributed by atoms with van der Waals surface area (Å²) >= 11 is 0. The molecule has 3 rings (SSSR count). The van der Waals surface area contributed by atoms with E-state index in [0.29, 0.717) is 37.4 Å². The van der Waals surface area contributed by atoms with Gasteiger partial charge >= 0.3 is 0 Å². The number of ether oxygens (including phenoxy) is 1. The Hall–Kier alpha value is -3.07. The molecular weight excluding hydrogens is 526 g/mol. The van der Waals surface area contributed by atoms with Gasteiger partial charge in [-0.05, 0) is 57.2 Å². The highest BCUT2D eigenvalue weighted by molar-refractivity contribution is 7.92. The Morgan fingerprint density at radius 2 is 1.77 bits per heavy atom. The molecule has 0 saturated heterocycles. The maximum Gasteiger partial charge on any atom is 0.243 e. The van der Waals surface area contributed by atoms with Crippen LogP contribution in [0.25, 0.3) is 0 Å². The number of sulfonamides is 1. The third-order valence-corrected chi connectivity index (χ3v) is 8.54. The monoisotopic (exact) mass is 571 g/mol. The second-order valence-electron chi connectivity index (χ2n) is 10.6. The second kappa shape index (κ2) is 15.1. The Morgan fingerprint density at radius 3 is 2.42 bits per heavy atom. The SMILES string of the molecule is CCOc1ccccc1N(CCCC(=O)N(Cc1cccc(C)c1)[C@@H](CC)C(=O)NC1CCCCC1)S(C)(=O)=O. The normalized spacial score (nSPS) is 14.8. The van der Waals surface area contributed by atoms with E-state index in [2.05, 4.69) is 5.32 Å². The number of hydrogen-bond acceptors (Lipinski definition) is 5. The number of para-hydroxylation sites is 2. The van der Waals surface area contributed by atoms with Gasteiger partial charge < -0.3 is 15.0 Å². The zero-order chi connectivity index (χ0) is 29.1. The van der Waals surface area contributed by atoms with Gasteiger partial charge in [0, 0.05) is 25.6 Å². The van der Waals surface area contributed by atoms with Gasteiger partial charge in [0.05, 0.1) is 18.6 Å². The van der Waals surface area contributed by atoms with Gasteiger partial charge in [-0.15, -0.1) is 0 Å². The van der Waals surface area contributed by atoms with Crippen molar-refractivity contribution in [3.63, 3.8) is 0 Å². The minimum atomic E-state index is -3.62. The standard InChI is InChI=1S/C31H45N3O5S/c1-5-27(31(36)32-26-16-8-7-9-17-26)33(23-25-15-12-14-24(3)22-25)30(35)20-13-21-34(40(4,37)38)28-18-10-11-19-29(28)39-6-2/h10-12,14-15,18-19,22,26-27H,5-9,13,16-17,20-21,23H2,1-4H3,(H,32,36)/t27-/m0/s1. The molecule has 0 aromatic heterocycles. The second-order valence-corrected chi connectivity index (χ2v) is 12.5. The van der Waals surface area contributed by atoms with Gasteiger partial charge in [-0.25, -0.2) is 8.42 Å². The molecule has 220 valence electrons. The highest BCUT2D eigenvalue weighted by atomic mass is 32.2. The lowest BCUT2D eigenvalue weighted by molar-refractivity contribution is -0.141. The van der Waals surface area contributed by atoms with Crippen LogP contribution in [-0.2, 0) is 26.2 Å². The topological polar surface area (TPSA) is 96.0 Å². The molecule has 1 fully saturated rings. The highest BCUT2D eigenvalue weighted by Crippen LogP contribution is 2.30. The fourth-order valence-electron chi connectivity index (χ4n) is 5.39. The fourth-order valence-corrected chi connectivity index (χ4v) is 6.36. The van der Waals surface area contributed by atoms with Crippen molar-refractivity contribution in [2.45, 2.75) is 90.8 Å².